The van der Waals surface area contributed by atoms with E-state index >= 15 is 0 Å². The zero-order chi connectivity index (χ0) is 13.0. The van der Waals surface area contributed by atoms with Gasteiger partial charge in [0.25, 0.3) is 0 Å². The molecule has 0 fully saturated rings. The molecule has 0 atom stereocenters. The van der Waals surface area contributed by atoms with Crippen molar-refractivity contribution in [2.45, 2.75) is 11.8 Å². The van der Waals surface area contributed by atoms with E-state index in [1.807, 2.05) is 36.8 Å². The third-order valence-electron chi connectivity index (χ3n) is 2.40. The van der Waals surface area contributed by atoms with Gasteiger partial charge in [0.2, 0.25) is 0 Å². The number of hydrogen-bond donors (Lipinski definition) is 0. The van der Waals surface area contributed by atoms with Gasteiger partial charge in [-0.15, -0.1) is 23.1 Å². The maximum Gasteiger partial charge on any atom is 0.134 e. The van der Waals surface area contributed by atoms with E-state index in [2.05, 4.69) is 23.2 Å². The molecule has 0 N–H and O–H groups in total. The lowest BCUT2D eigenvalue weighted by Crippen LogP contribution is -1.81. The third-order valence-corrected chi connectivity index (χ3v) is 4.13. The van der Waals surface area contributed by atoms with Crippen LogP contribution in [0.3, 0.4) is 0 Å². The largest absolute Gasteiger partial charge is 0.241 e. The summed E-state index contributed by atoms with van der Waals surface area (Å²) >= 11 is 3.21. The Kier molecular flexibility index (Phi) is 4.19. The van der Waals surface area contributed by atoms with Crippen LogP contribution in [0.2, 0.25) is 0 Å². The van der Waals surface area contributed by atoms with Gasteiger partial charge in [-0.1, -0.05) is 12.1 Å². The van der Waals surface area contributed by atoms with Gasteiger partial charge in [0.1, 0.15) is 11.1 Å². The second kappa shape index (κ2) is 5.85. The monoisotopic (exact) mass is 272 g/mol. The first-order chi connectivity index (χ1) is 8.72. The fourth-order valence-corrected chi connectivity index (χ4v) is 2.66. The van der Waals surface area contributed by atoms with E-state index in [9.17, 15) is 5.26 Å². The maximum atomic E-state index is 9.20. The van der Waals surface area contributed by atoms with Gasteiger partial charge in [0.15, 0.2) is 0 Å². The van der Waals surface area contributed by atoms with Crippen LogP contribution in [0.15, 0.2) is 34.5 Å². The van der Waals surface area contributed by atoms with E-state index < -0.39 is 0 Å². The fraction of sp³-hybridized carbons (Fsp3) is 0.143. The lowest BCUT2D eigenvalue weighted by molar-refractivity contribution is 1.25. The Labute approximate surface area is 115 Å². The van der Waals surface area contributed by atoms with Crippen molar-refractivity contribution in [1.82, 2.24) is 4.98 Å². The zero-order valence-corrected chi connectivity index (χ0v) is 11.8. The molecule has 1 aromatic heterocycles. The van der Waals surface area contributed by atoms with Gasteiger partial charge in [0.05, 0.1) is 5.57 Å². The van der Waals surface area contributed by atoms with E-state index in [4.69, 9.17) is 0 Å². The summed E-state index contributed by atoms with van der Waals surface area (Å²) < 4.78 is 0. The maximum absolute atomic E-state index is 9.20. The van der Waals surface area contributed by atoms with Crippen LogP contribution >= 0.6 is 23.1 Å². The van der Waals surface area contributed by atoms with Gasteiger partial charge in [-0.2, -0.15) is 5.26 Å². The molecule has 0 unspecified atom stereocenters. The molecule has 4 heteroatoms. The van der Waals surface area contributed by atoms with Crippen molar-refractivity contribution in [3.63, 3.8) is 0 Å². The second-order valence-electron chi connectivity index (χ2n) is 3.74. The molecule has 0 aliphatic rings. The first-order valence-corrected chi connectivity index (χ1v) is 7.51. The Morgan fingerprint density at radius 3 is 2.61 bits per heavy atom. The normalized spacial score (nSPS) is 11.3. The number of allylic oxidation sites excluding steroid dienone is 1. The summed E-state index contributed by atoms with van der Waals surface area (Å²) in [5, 5.41) is 11.9. The van der Waals surface area contributed by atoms with Gasteiger partial charge < -0.3 is 0 Å². The number of aryl methyl sites for hydroxylation is 1. The summed E-state index contributed by atoms with van der Waals surface area (Å²) in [6.07, 6.45) is 3.92. The first kappa shape index (κ1) is 12.9. The molecule has 0 saturated carbocycles. The number of thiazole rings is 1. The van der Waals surface area contributed by atoms with Gasteiger partial charge in [0, 0.05) is 16.0 Å². The summed E-state index contributed by atoms with van der Waals surface area (Å²) in [6.45, 7) is 1.93. The van der Waals surface area contributed by atoms with Crippen molar-refractivity contribution in [2.75, 3.05) is 6.26 Å². The Bertz CT molecular complexity index is 603. The van der Waals surface area contributed by atoms with E-state index in [0.29, 0.717) is 5.57 Å². The molecule has 90 valence electrons. The van der Waals surface area contributed by atoms with E-state index in [0.717, 1.165) is 16.3 Å². The van der Waals surface area contributed by atoms with Crippen LogP contribution in [-0.2, 0) is 0 Å². The van der Waals surface area contributed by atoms with Crippen LogP contribution in [0.5, 0.6) is 0 Å². The molecule has 0 bridgehead atoms. The number of aromatic nitrogens is 1. The average molecular weight is 272 g/mol. The van der Waals surface area contributed by atoms with Crippen LogP contribution < -0.4 is 0 Å². The van der Waals surface area contributed by atoms with E-state index in [-0.39, 0.29) is 0 Å². The highest BCUT2D eigenvalue weighted by Gasteiger charge is 2.05. The molecule has 1 aromatic carbocycles. The van der Waals surface area contributed by atoms with Gasteiger partial charge in [-0.05, 0) is 37.0 Å². The quantitative estimate of drug-likeness (QED) is 0.619. The van der Waals surface area contributed by atoms with Gasteiger partial charge in [-0.3, -0.25) is 0 Å². The highest BCUT2D eigenvalue weighted by Crippen LogP contribution is 2.22. The van der Waals surface area contributed by atoms with E-state index in [1.54, 1.807) is 11.8 Å². The molecule has 0 spiro atoms. The molecule has 18 heavy (non-hydrogen) atoms. The Morgan fingerprint density at radius 2 is 2.11 bits per heavy atom. The number of benzene rings is 1. The standard InChI is InChI=1S/C14H12N2S2/c1-10-9-18-14(16-10)12(8-15)7-11-3-5-13(17-2)6-4-11/h3-7,9H,1-2H3/b12-7-. The van der Waals surface area contributed by atoms with Crippen molar-refractivity contribution in [3.05, 3.63) is 45.9 Å². The first-order valence-electron chi connectivity index (χ1n) is 5.41. The molecule has 0 radical (unpaired) electrons. The molecular weight excluding hydrogens is 260 g/mol. The number of thioether (sulfide) groups is 1. The molecule has 1 heterocycles. The smallest absolute Gasteiger partial charge is 0.134 e. The average Bonchev–Trinajstić information content (AvgIpc) is 2.83. The van der Waals surface area contributed by atoms with Crippen LogP contribution in [0.1, 0.15) is 16.3 Å². The number of hydrogen-bond acceptors (Lipinski definition) is 4. The molecule has 0 amide bonds. The summed E-state index contributed by atoms with van der Waals surface area (Å²) in [5.74, 6) is 0. The molecular formula is C14H12N2S2. The summed E-state index contributed by atoms with van der Waals surface area (Å²) in [7, 11) is 0. The van der Waals surface area contributed by atoms with Crippen molar-refractivity contribution in [2.24, 2.45) is 0 Å². The molecule has 0 saturated heterocycles. The zero-order valence-electron chi connectivity index (χ0n) is 10.2. The fourth-order valence-electron chi connectivity index (χ4n) is 1.49. The number of rotatable bonds is 3. The number of nitrogens with zero attached hydrogens (tertiary/aromatic N) is 2. The molecule has 0 aliphatic carbocycles. The van der Waals surface area contributed by atoms with Crippen molar-refractivity contribution in [3.8, 4) is 6.07 Å². The predicted octanol–water partition coefficient (Wildman–Crippen LogP) is 4.24. The predicted molar refractivity (Wildman–Crippen MR) is 78.6 cm³/mol. The summed E-state index contributed by atoms with van der Waals surface area (Å²) in [5.41, 5.74) is 2.59. The SMILES string of the molecule is CSc1ccc(/C=C(/C#N)c2nc(C)cs2)cc1. The molecule has 2 nitrogen and oxygen atoms in total. The van der Waals surface area contributed by atoms with Crippen molar-refractivity contribution < 1.29 is 0 Å². The minimum Gasteiger partial charge on any atom is -0.241 e. The van der Waals surface area contributed by atoms with E-state index in [1.165, 1.54) is 16.2 Å². The topological polar surface area (TPSA) is 36.7 Å². The lowest BCUT2D eigenvalue weighted by Gasteiger charge is -1.98. The number of nitriles is 1. The Balaban J connectivity index is 2.32. The highest BCUT2D eigenvalue weighted by atomic mass is 32.2. The third kappa shape index (κ3) is 3.00. The summed E-state index contributed by atoms with van der Waals surface area (Å²) in [4.78, 5) is 5.55. The summed E-state index contributed by atoms with van der Waals surface area (Å²) in [6, 6.07) is 10.4. The van der Waals surface area contributed by atoms with Crippen LogP contribution in [0, 0.1) is 18.3 Å². The van der Waals surface area contributed by atoms with Gasteiger partial charge in [-0.25, -0.2) is 4.98 Å². The van der Waals surface area contributed by atoms with Crippen LogP contribution in [-0.4, -0.2) is 11.2 Å². The van der Waals surface area contributed by atoms with Crippen molar-refractivity contribution in [1.29, 1.82) is 5.26 Å². The van der Waals surface area contributed by atoms with Crippen molar-refractivity contribution >= 4 is 34.7 Å². The highest BCUT2D eigenvalue weighted by molar-refractivity contribution is 7.98. The Hall–Kier alpha value is -1.57. The lowest BCUT2D eigenvalue weighted by atomic mass is 10.1. The molecule has 2 aromatic rings. The minimum atomic E-state index is 0.616. The van der Waals surface area contributed by atoms with Crippen LogP contribution in [0.25, 0.3) is 11.6 Å². The van der Waals surface area contributed by atoms with Crippen LogP contribution in [0.4, 0.5) is 0 Å². The Morgan fingerprint density at radius 1 is 1.39 bits per heavy atom. The second-order valence-corrected chi connectivity index (χ2v) is 5.47. The minimum absolute atomic E-state index is 0.616. The molecule has 0 aliphatic heterocycles. The molecule has 2 rings (SSSR count). The van der Waals surface area contributed by atoms with Gasteiger partial charge >= 0.3 is 0 Å².